The zero-order valence-electron chi connectivity index (χ0n) is 14.8. The van der Waals surface area contributed by atoms with E-state index in [0.29, 0.717) is 11.3 Å². The van der Waals surface area contributed by atoms with Crippen LogP contribution in [0.3, 0.4) is 0 Å². The van der Waals surface area contributed by atoms with Crippen molar-refractivity contribution in [3.63, 3.8) is 0 Å². The van der Waals surface area contributed by atoms with Gasteiger partial charge >= 0.3 is 0 Å². The molecule has 6 heteroatoms. The molecule has 0 fully saturated rings. The van der Waals surface area contributed by atoms with Gasteiger partial charge in [-0.3, -0.25) is 9.10 Å². The average Bonchev–Trinajstić information content (AvgIpc) is 2.74. The summed E-state index contributed by atoms with van der Waals surface area (Å²) in [4.78, 5) is 11.6. The van der Waals surface area contributed by atoms with Crippen molar-refractivity contribution >= 4 is 21.6 Å². The Kier molecular flexibility index (Phi) is 3.91. The van der Waals surface area contributed by atoms with Crippen LogP contribution in [-0.2, 0) is 15.4 Å². The van der Waals surface area contributed by atoms with E-state index in [1.807, 2.05) is 45.0 Å². The molecule has 2 N–H and O–H groups in total. The summed E-state index contributed by atoms with van der Waals surface area (Å²) in [5, 5.41) is 0. The van der Waals surface area contributed by atoms with Gasteiger partial charge in [-0.25, -0.2) is 8.42 Å². The molecule has 132 valence electrons. The molecule has 0 radical (unpaired) electrons. The number of fused-ring (bicyclic) bond motifs is 1. The Morgan fingerprint density at radius 1 is 1.16 bits per heavy atom. The third-order valence-corrected chi connectivity index (χ3v) is 6.99. The largest absolute Gasteiger partial charge is 0.366 e. The minimum Gasteiger partial charge on any atom is -0.366 e. The van der Waals surface area contributed by atoms with Crippen molar-refractivity contribution in [2.75, 3.05) is 4.31 Å². The molecule has 5 nitrogen and oxygen atoms in total. The molecule has 1 aliphatic rings. The Balaban J connectivity index is 2.21. The molecule has 0 aliphatic carbocycles. The maximum absolute atomic E-state index is 13.4. The number of amides is 1. The van der Waals surface area contributed by atoms with Crippen molar-refractivity contribution in [3.05, 3.63) is 59.2 Å². The van der Waals surface area contributed by atoms with Crippen LogP contribution < -0.4 is 10.0 Å². The molecule has 0 aromatic heterocycles. The van der Waals surface area contributed by atoms with Crippen LogP contribution in [0.1, 0.15) is 42.3 Å². The van der Waals surface area contributed by atoms with Crippen LogP contribution in [0.15, 0.2) is 47.4 Å². The molecular formula is C19H22N2O3S. The lowest BCUT2D eigenvalue weighted by atomic mass is 9.81. The van der Waals surface area contributed by atoms with Crippen LogP contribution in [0.4, 0.5) is 5.69 Å². The molecule has 25 heavy (non-hydrogen) atoms. The number of carbonyl (C=O) groups excluding carboxylic acids is 1. The maximum atomic E-state index is 13.4. The Hall–Kier alpha value is -2.34. The third kappa shape index (κ3) is 2.61. The lowest BCUT2D eigenvalue weighted by molar-refractivity contribution is 0.1000. The van der Waals surface area contributed by atoms with Crippen LogP contribution in [-0.4, -0.2) is 20.4 Å². The highest BCUT2D eigenvalue weighted by molar-refractivity contribution is 7.92. The second-order valence-corrected chi connectivity index (χ2v) is 8.93. The Morgan fingerprint density at radius 2 is 1.80 bits per heavy atom. The number of nitrogens with two attached hydrogens (primary N) is 1. The highest BCUT2D eigenvalue weighted by Crippen LogP contribution is 2.47. The summed E-state index contributed by atoms with van der Waals surface area (Å²) < 4.78 is 28.3. The van der Waals surface area contributed by atoms with Gasteiger partial charge in [0.15, 0.2) is 0 Å². The molecule has 1 unspecified atom stereocenters. The van der Waals surface area contributed by atoms with Crippen LogP contribution in [0.2, 0.25) is 0 Å². The molecule has 1 heterocycles. The molecule has 2 aromatic rings. The van der Waals surface area contributed by atoms with Crippen molar-refractivity contribution in [3.8, 4) is 0 Å². The van der Waals surface area contributed by atoms with Gasteiger partial charge in [0.2, 0.25) is 5.91 Å². The van der Waals surface area contributed by atoms with Crippen molar-refractivity contribution in [2.45, 2.75) is 44.0 Å². The van der Waals surface area contributed by atoms with Gasteiger partial charge in [0, 0.05) is 11.0 Å². The van der Waals surface area contributed by atoms with E-state index in [4.69, 9.17) is 5.73 Å². The second kappa shape index (κ2) is 5.59. The quantitative estimate of drug-likeness (QED) is 0.916. The highest BCUT2D eigenvalue weighted by atomic mass is 32.2. The van der Waals surface area contributed by atoms with E-state index in [1.54, 1.807) is 19.1 Å². The molecule has 2 aromatic carbocycles. The van der Waals surface area contributed by atoms with E-state index in [1.165, 1.54) is 10.4 Å². The van der Waals surface area contributed by atoms with E-state index in [9.17, 15) is 13.2 Å². The highest BCUT2D eigenvalue weighted by Gasteiger charge is 2.47. The predicted octanol–water partition coefficient (Wildman–Crippen LogP) is 2.97. The number of anilines is 1. The molecule has 3 rings (SSSR count). The van der Waals surface area contributed by atoms with Gasteiger partial charge in [0.1, 0.15) is 0 Å². The molecule has 1 atom stereocenters. The van der Waals surface area contributed by atoms with Crippen molar-refractivity contribution in [2.24, 2.45) is 5.73 Å². The number of nitrogens with zero attached hydrogens (tertiary/aromatic N) is 1. The molecular weight excluding hydrogens is 336 g/mol. The van der Waals surface area contributed by atoms with Gasteiger partial charge in [-0.2, -0.15) is 0 Å². The fraction of sp³-hybridized carbons (Fsp3) is 0.316. The van der Waals surface area contributed by atoms with E-state index in [-0.39, 0.29) is 21.9 Å². The maximum Gasteiger partial charge on any atom is 0.264 e. The van der Waals surface area contributed by atoms with Crippen molar-refractivity contribution < 1.29 is 13.2 Å². The van der Waals surface area contributed by atoms with Gasteiger partial charge in [0.05, 0.1) is 16.6 Å². The Labute approximate surface area is 148 Å². The SMILES string of the molecule is Cc1cc(C(N)=O)cc(S(=O)(=O)N2c3ccccc3C(C)(C)C2C)c1. The summed E-state index contributed by atoms with van der Waals surface area (Å²) in [6.07, 6.45) is 0. The molecule has 1 amide bonds. The molecule has 0 saturated carbocycles. The number of carbonyl (C=O) groups is 1. The number of para-hydroxylation sites is 1. The number of benzene rings is 2. The summed E-state index contributed by atoms with van der Waals surface area (Å²) in [6, 6.07) is 11.8. The lowest BCUT2D eigenvalue weighted by Gasteiger charge is -2.31. The Bertz CT molecular complexity index is 964. The smallest absolute Gasteiger partial charge is 0.264 e. The summed E-state index contributed by atoms with van der Waals surface area (Å²) in [5.74, 6) is -0.643. The van der Waals surface area contributed by atoms with Crippen LogP contribution in [0.5, 0.6) is 0 Å². The van der Waals surface area contributed by atoms with Gasteiger partial charge < -0.3 is 5.73 Å². The zero-order valence-corrected chi connectivity index (χ0v) is 15.6. The fourth-order valence-corrected chi connectivity index (χ4v) is 5.36. The van der Waals surface area contributed by atoms with Gasteiger partial charge in [-0.05, 0) is 49.2 Å². The first-order valence-electron chi connectivity index (χ1n) is 8.12. The van der Waals surface area contributed by atoms with Crippen LogP contribution in [0.25, 0.3) is 0 Å². The number of aryl methyl sites for hydroxylation is 1. The number of hydrogen-bond donors (Lipinski definition) is 1. The summed E-state index contributed by atoms with van der Waals surface area (Å²) in [7, 11) is -3.83. The predicted molar refractivity (Wildman–Crippen MR) is 98.3 cm³/mol. The molecule has 0 spiro atoms. The average molecular weight is 358 g/mol. The molecule has 0 saturated heterocycles. The Morgan fingerprint density at radius 3 is 2.44 bits per heavy atom. The van der Waals surface area contributed by atoms with Crippen LogP contribution in [0, 0.1) is 6.92 Å². The van der Waals surface area contributed by atoms with Crippen molar-refractivity contribution in [1.29, 1.82) is 0 Å². The first kappa shape index (κ1) is 17.5. The standard InChI is InChI=1S/C19H22N2O3S/c1-12-9-14(18(20)22)11-15(10-12)25(23,24)21-13(2)19(3,4)16-7-5-6-8-17(16)21/h5-11,13H,1-4H3,(H2,20,22). The number of rotatable bonds is 3. The number of hydrogen-bond acceptors (Lipinski definition) is 3. The lowest BCUT2D eigenvalue weighted by Crippen LogP contribution is -2.42. The van der Waals surface area contributed by atoms with Gasteiger partial charge in [0.25, 0.3) is 10.0 Å². The van der Waals surface area contributed by atoms with Gasteiger partial charge in [-0.15, -0.1) is 0 Å². The summed E-state index contributed by atoms with van der Waals surface area (Å²) in [6.45, 7) is 7.73. The van der Waals surface area contributed by atoms with E-state index < -0.39 is 15.9 Å². The normalized spacial score (nSPS) is 18.9. The van der Waals surface area contributed by atoms with Crippen molar-refractivity contribution in [1.82, 2.24) is 0 Å². The first-order chi connectivity index (χ1) is 11.6. The minimum atomic E-state index is -3.83. The number of primary amides is 1. The van der Waals surface area contributed by atoms with Crippen LogP contribution >= 0.6 is 0 Å². The van der Waals surface area contributed by atoms with E-state index in [2.05, 4.69) is 0 Å². The fourth-order valence-electron chi connectivity index (χ4n) is 3.43. The van der Waals surface area contributed by atoms with E-state index in [0.717, 1.165) is 5.56 Å². The second-order valence-electron chi connectivity index (χ2n) is 7.11. The first-order valence-corrected chi connectivity index (χ1v) is 9.56. The number of sulfonamides is 1. The minimum absolute atomic E-state index is 0.0839. The third-order valence-electron chi connectivity index (χ3n) is 5.12. The molecule has 1 aliphatic heterocycles. The zero-order chi connectivity index (χ0) is 18.6. The molecule has 0 bridgehead atoms. The van der Waals surface area contributed by atoms with E-state index >= 15 is 0 Å². The summed E-state index contributed by atoms with van der Waals surface area (Å²) in [5.41, 5.74) is 7.57. The topological polar surface area (TPSA) is 80.5 Å². The summed E-state index contributed by atoms with van der Waals surface area (Å²) >= 11 is 0. The van der Waals surface area contributed by atoms with Gasteiger partial charge in [-0.1, -0.05) is 32.0 Å². The monoisotopic (exact) mass is 358 g/mol.